The number of hydrogen-bond acceptors (Lipinski definition) is 7. The molecule has 2 aromatic rings. The van der Waals surface area contributed by atoms with Gasteiger partial charge in [0.05, 0.1) is 17.0 Å². The van der Waals surface area contributed by atoms with Gasteiger partial charge in [0, 0.05) is 17.9 Å². The third-order valence-electron chi connectivity index (χ3n) is 8.58. The van der Waals surface area contributed by atoms with E-state index in [0.717, 1.165) is 12.1 Å². The fourth-order valence-electron chi connectivity index (χ4n) is 6.64. The molecular weight excluding hydrogens is 531 g/mol. The molecule has 2 saturated carbocycles. The first-order valence-electron chi connectivity index (χ1n) is 12.8. The summed E-state index contributed by atoms with van der Waals surface area (Å²) in [6.45, 7) is 3.68. The summed E-state index contributed by atoms with van der Waals surface area (Å²) in [5.74, 6) is -11.5. The number of aliphatic hydroxyl groups is 1. The van der Waals surface area contributed by atoms with E-state index >= 15 is 0 Å². The zero-order valence-corrected chi connectivity index (χ0v) is 21.5. The molecule has 1 amide bonds. The fourth-order valence-corrected chi connectivity index (χ4v) is 6.64. The number of hydrogen-bond donors (Lipinski definition) is 3. The molecule has 5 rings (SSSR count). The average molecular weight is 558 g/mol. The van der Waals surface area contributed by atoms with Gasteiger partial charge >= 0.3 is 6.18 Å². The van der Waals surface area contributed by atoms with Gasteiger partial charge in [-0.15, -0.1) is 0 Å². The number of primary amides is 1. The second-order valence-corrected chi connectivity index (χ2v) is 11.2. The molecule has 0 radical (unpaired) electrons. The lowest BCUT2D eigenvalue weighted by atomic mass is 9.53. The van der Waals surface area contributed by atoms with Gasteiger partial charge in [-0.25, -0.2) is 0 Å². The topological polar surface area (TPSA) is 152 Å². The SMILES string of the molecule is CC(C)c1cc(-c2ccc(C(F)(F)F)cc2)c(O)c2c1C[C@H]1C[C@H]3CC(=O)C(C(N)=O)C(=O)[C@@]3(O)C(=O)C1C2=O. The first-order chi connectivity index (χ1) is 18.6. The van der Waals surface area contributed by atoms with E-state index in [2.05, 4.69) is 0 Å². The quantitative estimate of drug-likeness (QED) is 0.491. The highest BCUT2D eigenvalue weighted by Gasteiger charge is 2.66. The largest absolute Gasteiger partial charge is 0.507 e. The predicted octanol–water partition coefficient (Wildman–Crippen LogP) is 3.14. The first-order valence-corrected chi connectivity index (χ1v) is 12.8. The molecule has 3 aliphatic rings. The van der Waals surface area contributed by atoms with Crippen LogP contribution in [-0.4, -0.2) is 44.9 Å². The van der Waals surface area contributed by atoms with Crippen LogP contribution in [0.15, 0.2) is 30.3 Å². The summed E-state index contributed by atoms with van der Waals surface area (Å²) in [4.78, 5) is 65.0. The summed E-state index contributed by atoms with van der Waals surface area (Å²) >= 11 is 0. The molecule has 11 heteroatoms. The average Bonchev–Trinajstić information content (AvgIpc) is 2.85. The second-order valence-electron chi connectivity index (χ2n) is 11.2. The van der Waals surface area contributed by atoms with Gasteiger partial charge in [0.1, 0.15) is 5.75 Å². The van der Waals surface area contributed by atoms with Crippen LogP contribution in [0.5, 0.6) is 5.75 Å². The molecular formula is C29H26F3NO7. The Balaban J connectivity index is 1.63. The number of phenols is 1. The Bertz CT molecular complexity index is 1490. The van der Waals surface area contributed by atoms with Crippen LogP contribution in [0.3, 0.4) is 0 Å². The highest BCUT2D eigenvalue weighted by Crippen LogP contribution is 2.52. The van der Waals surface area contributed by atoms with Gasteiger partial charge in [-0.3, -0.25) is 24.0 Å². The molecule has 0 bridgehead atoms. The Kier molecular flexibility index (Phi) is 6.29. The third-order valence-corrected chi connectivity index (χ3v) is 8.58. The summed E-state index contributed by atoms with van der Waals surface area (Å²) in [6.07, 6.45) is -4.90. The van der Waals surface area contributed by atoms with E-state index in [9.17, 15) is 47.4 Å². The molecule has 2 aromatic carbocycles. The van der Waals surface area contributed by atoms with Gasteiger partial charge in [0.2, 0.25) is 5.91 Å². The van der Waals surface area contributed by atoms with E-state index in [1.54, 1.807) is 6.07 Å². The van der Waals surface area contributed by atoms with E-state index in [0.29, 0.717) is 11.1 Å². The normalized spacial score (nSPS) is 28.3. The Morgan fingerprint density at radius 3 is 2.23 bits per heavy atom. The maximum atomic E-state index is 13.9. The van der Waals surface area contributed by atoms with Crippen molar-refractivity contribution >= 4 is 29.0 Å². The number of carbonyl (C=O) groups excluding carboxylic acids is 5. The zero-order chi connectivity index (χ0) is 29.5. The lowest BCUT2D eigenvalue weighted by Crippen LogP contribution is -2.68. The van der Waals surface area contributed by atoms with Crippen LogP contribution in [0.1, 0.15) is 59.7 Å². The van der Waals surface area contributed by atoms with Gasteiger partial charge in [-0.05, 0) is 59.6 Å². The monoisotopic (exact) mass is 557 g/mol. The van der Waals surface area contributed by atoms with Crippen LogP contribution in [-0.2, 0) is 31.8 Å². The molecule has 0 heterocycles. The number of benzene rings is 2. The Labute approximate surface area is 226 Å². The number of Topliss-reactive ketones (excluding diaryl/α,β-unsaturated/α-hetero) is 4. The van der Waals surface area contributed by atoms with Crippen molar-refractivity contribution in [3.05, 3.63) is 52.6 Å². The fraction of sp³-hybridized carbons (Fsp3) is 0.414. The second kappa shape index (κ2) is 9.09. The van der Waals surface area contributed by atoms with Gasteiger partial charge in [-0.1, -0.05) is 26.0 Å². The summed E-state index contributed by atoms with van der Waals surface area (Å²) in [5, 5.41) is 22.6. The highest BCUT2D eigenvalue weighted by molar-refractivity contribution is 6.31. The number of ketones is 4. The molecule has 210 valence electrons. The number of rotatable bonds is 3. The van der Waals surface area contributed by atoms with Crippen LogP contribution in [0.2, 0.25) is 0 Å². The summed E-state index contributed by atoms with van der Waals surface area (Å²) in [6, 6.07) is 5.66. The van der Waals surface area contributed by atoms with Crippen molar-refractivity contribution in [3.8, 4) is 16.9 Å². The maximum absolute atomic E-state index is 13.9. The van der Waals surface area contributed by atoms with Gasteiger partial charge < -0.3 is 15.9 Å². The highest BCUT2D eigenvalue weighted by atomic mass is 19.4. The van der Waals surface area contributed by atoms with Crippen LogP contribution >= 0.6 is 0 Å². The van der Waals surface area contributed by atoms with Crippen LogP contribution < -0.4 is 5.73 Å². The predicted molar refractivity (Wildman–Crippen MR) is 133 cm³/mol. The number of carbonyl (C=O) groups is 5. The number of phenolic OH excluding ortho intramolecular Hbond substituents is 1. The molecule has 0 aliphatic heterocycles. The summed E-state index contributed by atoms with van der Waals surface area (Å²) in [7, 11) is 0. The Morgan fingerprint density at radius 1 is 1.05 bits per heavy atom. The number of nitrogens with two attached hydrogens (primary N) is 1. The van der Waals surface area contributed by atoms with E-state index in [-0.39, 0.29) is 35.4 Å². The molecule has 0 saturated heterocycles. The smallest absolute Gasteiger partial charge is 0.416 e. The van der Waals surface area contributed by atoms with Crippen molar-refractivity contribution in [2.24, 2.45) is 29.4 Å². The molecule has 0 aromatic heterocycles. The lowest BCUT2D eigenvalue weighted by molar-refractivity contribution is -0.175. The van der Waals surface area contributed by atoms with Gasteiger partial charge in [0.25, 0.3) is 0 Å². The molecule has 2 unspecified atom stereocenters. The zero-order valence-electron chi connectivity index (χ0n) is 21.5. The van der Waals surface area contributed by atoms with Gasteiger partial charge in [-0.2, -0.15) is 13.2 Å². The van der Waals surface area contributed by atoms with Crippen molar-refractivity contribution in [3.63, 3.8) is 0 Å². The maximum Gasteiger partial charge on any atom is 0.416 e. The molecule has 5 atom stereocenters. The third kappa shape index (κ3) is 3.89. The molecule has 4 N–H and O–H groups in total. The standard InChI is InChI=1S/C29H26F3NO7/c1-11(2)16-10-17(12-3-5-14(6-4-12)29(30,31)32)23(35)21-18(16)8-13-7-15-9-19(34)22(27(33)39)26(38)28(15,40)25(37)20(13)24(21)36/h3-6,10-11,13,15,20,22,35,40H,7-9H2,1-2H3,(H2,33,39)/t13-,15+,20?,22?,28+/m1/s1. The van der Waals surface area contributed by atoms with E-state index in [1.165, 1.54) is 12.1 Å². The number of amides is 1. The van der Waals surface area contributed by atoms with Crippen molar-refractivity contribution in [2.75, 3.05) is 0 Å². The minimum absolute atomic E-state index is 0.0278. The number of alkyl halides is 3. The van der Waals surface area contributed by atoms with E-state index in [4.69, 9.17) is 5.73 Å². The van der Waals surface area contributed by atoms with Crippen molar-refractivity contribution < 1.29 is 47.4 Å². The molecule has 40 heavy (non-hydrogen) atoms. The Hall–Kier alpha value is -3.86. The molecule has 0 spiro atoms. The lowest BCUT2D eigenvalue weighted by Gasteiger charge is -2.48. The molecule has 2 fully saturated rings. The molecule has 8 nitrogen and oxygen atoms in total. The number of halogens is 3. The minimum Gasteiger partial charge on any atom is -0.507 e. The minimum atomic E-state index is -4.57. The number of aromatic hydroxyl groups is 1. The van der Waals surface area contributed by atoms with Crippen LogP contribution in [0.25, 0.3) is 11.1 Å². The summed E-state index contributed by atoms with van der Waals surface area (Å²) in [5.41, 5.74) is 2.78. The van der Waals surface area contributed by atoms with E-state index < -0.39 is 82.2 Å². The Morgan fingerprint density at radius 2 is 1.68 bits per heavy atom. The van der Waals surface area contributed by atoms with Crippen molar-refractivity contribution in [2.45, 2.75) is 50.8 Å². The van der Waals surface area contributed by atoms with Gasteiger partial charge in [0.15, 0.2) is 34.7 Å². The molecule has 3 aliphatic carbocycles. The first kappa shape index (κ1) is 27.7. The summed E-state index contributed by atoms with van der Waals surface area (Å²) < 4.78 is 39.3. The van der Waals surface area contributed by atoms with Crippen LogP contribution in [0, 0.1) is 23.7 Å². The van der Waals surface area contributed by atoms with Crippen molar-refractivity contribution in [1.29, 1.82) is 0 Å². The van der Waals surface area contributed by atoms with E-state index in [1.807, 2.05) is 13.8 Å². The number of fused-ring (bicyclic) bond motifs is 3. The van der Waals surface area contributed by atoms with Crippen LogP contribution in [0.4, 0.5) is 13.2 Å². The van der Waals surface area contributed by atoms with Crippen molar-refractivity contribution in [1.82, 2.24) is 0 Å².